The van der Waals surface area contributed by atoms with Crippen LogP contribution in [0.2, 0.25) is 0 Å². The maximum absolute atomic E-state index is 11.2. The molecule has 118 valence electrons. The van der Waals surface area contributed by atoms with Crippen LogP contribution in [-0.4, -0.2) is 30.8 Å². The van der Waals surface area contributed by atoms with Gasteiger partial charge in [0.25, 0.3) is 0 Å². The highest BCUT2D eigenvalue weighted by Crippen LogP contribution is 2.27. The Morgan fingerprint density at radius 2 is 2.04 bits per heavy atom. The highest BCUT2D eigenvalue weighted by Gasteiger charge is 2.17. The number of hydrogen-bond acceptors (Lipinski definition) is 5. The van der Waals surface area contributed by atoms with Crippen molar-refractivity contribution in [3.8, 4) is 0 Å². The summed E-state index contributed by atoms with van der Waals surface area (Å²) in [5, 5.41) is 23.0. The van der Waals surface area contributed by atoms with Crippen molar-refractivity contribution < 1.29 is 15.0 Å². The average Bonchev–Trinajstić information content (AvgIpc) is 2.92. The molecule has 0 atom stereocenters. The normalized spacial score (nSPS) is 11.6. The predicted molar refractivity (Wildman–Crippen MR) is 85.9 cm³/mol. The SMILES string of the molecule is CC(C)(O)c1cccc(Nc2ncnc3c2ccn3C(=O)O)c1. The van der Waals surface area contributed by atoms with Gasteiger partial charge < -0.3 is 15.5 Å². The fourth-order valence-corrected chi connectivity index (χ4v) is 2.32. The third-order valence-corrected chi connectivity index (χ3v) is 3.52. The minimum atomic E-state index is -1.10. The van der Waals surface area contributed by atoms with Crippen molar-refractivity contribution in [2.45, 2.75) is 19.4 Å². The van der Waals surface area contributed by atoms with E-state index in [2.05, 4.69) is 15.3 Å². The summed E-state index contributed by atoms with van der Waals surface area (Å²) in [7, 11) is 0. The van der Waals surface area contributed by atoms with Gasteiger partial charge in [-0.05, 0) is 37.6 Å². The third-order valence-electron chi connectivity index (χ3n) is 3.52. The van der Waals surface area contributed by atoms with E-state index in [9.17, 15) is 9.90 Å². The van der Waals surface area contributed by atoms with Crippen LogP contribution in [0.25, 0.3) is 11.0 Å². The molecule has 0 radical (unpaired) electrons. The minimum absolute atomic E-state index is 0.314. The lowest BCUT2D eigenvalue weighted by Crippen LogP contribution is -2.15. The summed E-state index contributed by atoms with van der Waals surface area (Å²) in [4.78, 5) is 19.3. The van der Waals surface area contributed by atoms with Gasteiger partial charge in [-0.1, -0.05) is 12.1 Å². The van der Waals surface area contributed by atoms with Crippen LogP contribution in [0.15, 0.2) is 42.9 Å². The second kappa shape index (κ2) is 5.36. The number of anilines is 2. The van der Waals surface area contributed by atoms with Crippen molar-refractivity contribution in [2.24, 2.45) is 0 Å². The molecule has 3 rings (SSSR count). The van der Waals surface area contributed by atoms with Crippen molar-refractivity contribution in [1.82, 2.24) is 14.5 Å². The maximum atomic E-state index is 11.2. The molecule has 23 heavy (non-hydrogen) atoms. The number of nitrogens with one attached hydrogen (secondary N) is 1. The Morgan fingerprint density at radius 3 is 2.74 bits per heavy atom. The first-order chi connectivity index (χ1) is 10.9. The number of carboxylic acid groups (broad SMARTS) is 1. The number of aliphatic hydroxyl groups is 1. The van der Waals surface area contributed by atoms with E-state index in [0.717, 1.165) is 15.8 Å². The van der Waals surface area contributed by atoms with Gasteiger partial charge in [-0.25, -0.2) is 19.3 Å². The first-order valence-electron chi connectivity index (χ1n) is 7.01. The van der Waals surface area contributed by atoms with E-state index in [0.29, 0.717) is 16.9 Å². The summed E-state index contributed by atoms with van der Waals surface area (Å²) >= 11 is 0. The third kappa shape index (κ3) is 2.86. The molecule has 3 N–H and O–H groups in total. The minimum Gasteiger partial charge on any atom is -0.464 e. The number of carbonyl (C=O) groups is 1. The molecule has 0 aliphatic rings. The van der Waals surface area contributed by atoms with Crippen LogP contribution in [0.4, 0.5) is 16.3 Å². The molecule has 0 amide bonds. The molecule has 2 heterocycles. The molecule has 7 nitrogen and oxygen atoms in total. The van der Waals surface area contributed by atoms with E-state index in [4.69, 9.17) is 5.11 Å². The number of rotatable bonds is 3. The van der Waals surface area contributed by atoms with Crippen LogP contribution in [0.5, 0.6) is 0 Å². The zero-order chi connectivity index (χ0) is 16.6. The largest absolute Gasteiger partial charge is 0.464 e. The molecular weight excluding hydrogens is 296 g/mol. The molecule has 0 saturated carbocycles. The van der Waals surface area contributed by atoms with Crippen LogP contribution in [0.1, 0.15) is 19.4 Å². The molecule has 3 aromatic rings. The Bertz CT molecular complexity index is 880. The number of nitrogens with zero attached hydrogens (tertiary/aromatic N) is 3. The molecule has 0 aliphatic carbocycles. The fraction of sp³-hybridized carbons (Fsp3) is 0.188. The Morgan fingerprint density at radius 1 is 1.26 bits per heavy atom. The first-order valence-corrected chi connectivity index (χ1v) is 7.01. The van der Waals surface area contributed by atoms with Crippen LogP contribution >= 0.6 is 0 Å². The number of benzene rings is 1. The van der Waals surface area contributed by atoms with Crippen LogP contribution in [0.3, 0.4) is 0 Å². The van der Waals surface area contributed by atoms with Crippen molar-refractivity contribution in [3.05, 3.63) is 48.4 Å². The van der Waals surface area contributed by atoms with E-state index in [1.807, 2.05) is 24.3 Å². The highest BCUT2D eigenvalue weighted by atomic mass is 16.4. The van der Waals surface area contributed by atoms with Gasteiger partial charge in [0, 0.05) is 11.9 Å². The summed E-state index contributed by atoms with van der Waals surface area (Å²) in [5.41, 5.74) is 0.864. The Hall–Kier alpha value is -2.93. The predicted octanol–water partition coefficient (Wildman–Crippen LogP) is 2.93. The molecular formula is C16H16N4O3. The number of fused-ring (bicyclic) bond motifs is 1. The van der Waals surface area contributed by atoms with Crippen LogP contribution in [0, 0.1) is 0 Å². The molecule has 0 fully saturated rings. The Labute approximate surface area is 132 Å². The lowest BCUT2D eigenvalue weighted by Gasteiger charge is -2.18. The van der Waals surface area contributed by atoms with E-state index in [1.54, 1.807) is 19.9 Å². The molecule has 1 aromatic carbocycles. The van der Waals surface area contributed by atoms with E-state index < -0.39 is 11.7 Å². The monoisotopic (exact) mass is 312 g/mol. The van der Waals surface area contributed by atoms with Gasteiger partial charge in [0.2, 0.25) is 0 Å². The van der Waals surface area contributed by atoms with Crippen molar-refractivity contribution in [2.75, 3.05) is 5.32 Å². The second-order valence-corrected chi connectivity index (χ2v) is 5.69. The zero-order valence-corrected chi connectivity index (χ0v) is 12.7. The molecule has 0 saturated heterocycles. The molecule has 2 aromatic heterocycles. The van der Waals surface area contributed by atoms with Gasteiger partial charge >= 0.3 is 6.09 Å². The first kappa shape index (κ1) is 15.0. The van der Waals surface area contributed by atoms with E-state index >= 15 is 0 Å². The molecule has 0 unspecified atom stereocenters. The van der Waals surface area contributed by atoms with Gasteiger partial charge in [0.05, 0.1) is 11.0 Å². The molecule has 0 bridgehead atoms. The van der Waals surface area contributed by atoms with Gasteiger partial charge in [0.15, 0.2) is 5.65 Å². The summed E-state index contributed by atoms with van der Waals surface area (Å²) in [6, 6.07) is 8.98. The zero-order valence-electron chi connectivity index (χ0n) is 12.7. The second-order valence-electron chi connectivity index (χ2n) is 5.69. The molecule has 0 spiro atoms. The summed E-state index contributed by atoms with van der Waals surface area (Å²) < 4.78 is 1.04. The van der Waals surface area contributed by atoms with Gasteiger partial charge in [-0.15, -0.1) is 0 Å². The Balaban J connectivity index is 2.01. The Kier molecular flexibility index (Phi) is 3.49. The lowest BCUT2D eigenvalue weighted by atomic mass is 9.98. The van der Waals surface area contributed by atoms with Crippen molar-refractivity contribution >= 4 is 28.6 Å². The van der Waals surface area contributed by atoms with Crippen molar-refractivity contribution in [1.29, 1.82) is 0 Å². The molecule has 7 heteroatoms. The number of aromatic nitrogens is 3. The topological polar surface area (TPSA) is 100 Å². The number of hydrogen-bond donors (Lipinski definition) is 3. The highest BCUT2D eigenvalue weighted by molar-refractivity contribution is 5.93. The summed E-state index contributed by atoms with van der Waals surface area (Å²) in [6.45, 7) is 3.42. The summed E-state index contributed by atoms with van der Waals surface area (Å²) in [6.07, 6.45) is 1.64. The average molecular weight is 312 g/mol. The van der Waals surface area contributed by atoms with Crippen molar-refractivity contribution in [3.63, 3.8) is 0 Å². The van der Waals surface area contributed by atoms with Crippen LogP contribution < -0.4 is 5.32 Å². The maximum Gasteiger partial charge on any atom is 0.417 e. The van der Waals surface area contributed by atoms with Crippen LogP contribution in [-0.2, 0) is 5.60 Å². The molecule has 0 aliphatic heterocycles. The van der Waals surface area contributed by atoms with E-state index in [1.165, 1.54) is 12.5 Å². The fourth-order valence-electron chi connectivity index (χ4n) is 2.32. The van der Waals surface area contributed by atoms with Gasteiger partial charge in [-0.3, -0.25) is 0 Å². The standard InChI is InChI=1S/C16H16N4O3/c1-16(2,23)10-4-3-5-11(8-10)19-13-12-6-7-20(15(21)22)14(12)18-9-17-13/h3-9,23H,1-2H3,(H,21,22)(H,17,18,19). The van der Waals surface area contributed by atoms with Gasteiger partial charge in [-0.2, -0.15) is 0 Å². The van der Waals surface area contributed by atoms with E-state index in [-0.39, 0.29) is 0 Å². The quantitative estimate of drug-likeness (QED) is 0.687. The smallest absolute Gasteiger partial charge is 0.417 e. The lowest BCUT2D eigenvalue weighted by molar-refractivity contribution is 0.0786. The van der Waals surface area contributed by atoms with Gasteiger partial charge in [0.1, 0.15) is 12.1 Å². The summed E-state index contributed by atoms with van der Waals surface area (Å²) in [5.74, 6) is 0.503.